The second-order valence-corrected chi connectivity index (χ2v) is 3.45. The van der Waals surface area contributed by atoms with Crippen LogP contribution in [0.1, 0.15) is 20.8 Å². The van der Waals surface area contributed by atoms with Gasteiger partial charge >= 0.3 is 0 Å². The summed E-state index contributed by atoms with van der Waals surface area (Å²) in [6, 6.07) is 0. The van der Waals surface area contributed by atoms with E-state index in [1.54, 1.807) is 0 Å². The van der Waals surface area contributed by atoms with Crippen LogP contribution < -0.4 is 5.32 Å². The first kappa shape index (κ1) is 10.5. The van der Waals surface area contributed by atoms with Gasteiger partial charge in [0.2, 0.25) is 0 Å². The van der Waals surface area contributed by atoms with Gasteiger partial charge in [-0.05, 0) is 20.8 Å². The average Bonchev–Trinajstić information content (AvgIpc) is 1.85. The maximum atomic E-state index is 8.41. The van der Waals surface area contributed by atoms with Crippen molar-refractivity contribution in [2.24, 2.45) is 5.41 Å². The van der Waals surface area contributed by atoms with Crippen molar-refractivity contribution in [3.63, 3.8) is 0 Å². The quantitative estimate of drug-likeness (QED) is 0.462. The van der Waals surface area contributed by atoms with Gasteiger partial charge in [0.1, 0.15) is 0 Å². The molecular weight excluding hydrogens is 138 g/mol. The predicted octanol–water partition coefficient (Wildman–Crippen LogP) is 0.618. The Bertz CT molecular complexity index is 147. The molecule has 0 atom stereocenters. The third kappa shape index (κ3) is 9.48. The molecular formula is C9H17NO. The minimum Gasteiger partial charge on any atom is -0.395 e. The molecule has 0 aliphatic heterocycles. The van der Waals surface area contributed by atoms with Gasteiger partial charge in [-0.1, -0.05) is 11.8 Å². The Kier molecular flexibility index (Phi) is 4.93. The van der Waals surface area contributed by atoms with E-state index in [1.165, 1.54) is 0 Å². The molecule has 0 unspecified atom stereocenters. The van der Waals surface area contributed by atoms with Crippen molar-refractivity contribution in [1.82, 2.24) is 5.32 Å². The topological polar surface area (TPSA) is 32.3 Å². The van der Waals surface area contributed by atoms with Gasteiger partial charge in [-0.25, -0.2) is 0 Å². The van der Waals surface area contributed by atoms with E-state index in [-0.39, 0.29) is 12.0 Å². The summed E-state index contributed by atoms with van der Waals surface area (Å²) in [4.78, 5) is 0. The predicted molar refractivity (Wildman–Crippen MR) is 47.2 cm³/mol. The third-order valence-corrected chi connectivity index (χ3v) is 0.965. The van der Waals surface area contributed by atoms with Gasteiger partial charge in [0, 0.05) is 12.0 Å². The lowest BCUT2D eigenvalue weighted by Gasteiger charge is -2.06. The molecule has 0 aromatic rings. The van der Waals surface area contributed by atoms with E-state index < -0.39 is 0 Å². The summed E-state index contributed by atoms with van der Waals surface area (Å²) in [5.41, 5.74) is 0.0842. The second kappa shape index (κ2) is 5.17. The van der Waals surface area contributed by atoms with E-state index in [1.807, 2.05) is 0 Å². The van der Waals surface area contributed by atoms with Crippen molar-refractivity contribution >= 4 is 0 Å². The van der Waals surface area contributed by atoms with Crippen molar-refractivity contribution in [1.29, 1.82) is 0 Å². The van der Waals surface area contributed by atoms with Gasteiger partial charge in [-0.3, -0.25) is 0 Å². The van der Waals surface area contributed by atoms with Gasteiger partial charge in [0.15, 0.2) is 0 Å². The van der Waals surface area contributed by atoms with Crippen molar-refractivity contribution in [2.45, 2.75) is 20.8 Å². The van der Waals surface area contributed by atoms with Crippen molar-refractivity contribution in [3.8, 4) is 11.8 Å². The van der Waals surface area contributed by atoms with Crippen molar-refractivity contribution in [3.05, 3.63) is 0 Å². The van der Waals surface area contributed by atoms with Crippen molar-refractivity contribution in [2.75, 3.05) is 19.7 Å². The molecule has 0 radical (unpaired) electrons. The molecule has 0 heterocycles. The van der Waals surface area contributed by atoms with E-state index in [4.69, 9.17) is 5.11 Å². The lowest BCUT2D eigenvalue weighted by molar-refractivity contribution is 0.295. The van der Waals surface area contributed by atoms with E-state index >= 15 is 0 Å². The molecule has 0 aliphatic rings. The van der Waals surface area contributed by atoms with Crippen LogP contribution >= 0.6 is 0 Å². The molecule has 0 aromatic carbocycles. The van der Waals surface area contributed by atoms with Crippen LogP contribution in [0.3, 0.4) is 0 Å². The standard InChI is InChI=1S/C9H17NO/c1-9(2,3)5-4-6-10-7-8-11/h10-11H,6-8H2,1-3H3. The number of aliphatic hydroxyl groups excluding tert-OH is 1. The SMILES string of the molecule is CC(C)(C)C#CCNCCO. The molecule has 0 saturated carbocycles. The Balaban J connectivity index is 3.41. The zero-order valence-electron chi connectivity index (χ0n) is 7.57. The highest BCUT2D eigenvalue weighted by molar-refractivity contribution is 5.08. The molecule has 0 saturated heterocycles. The van der Waals surface area contributed by atoms with E-state index in [0.29, 0.717) is 13.1 Å². The molecule has 0 aromatic heterocycles. The fourth-order valence-electron chi connectivity index (χ4n) is 0.539. The molecule has 0 fully saturated rings. The molecule has 11 heavy (non-hydrogen) atoms. The first-order valence-corrected chi connectivity index (χ1v) is 3.88. The first-order valence-electron chi connectivity index (χ1n) is 3.88. The summed E-state index contributed by atoms with van der Waals surface area (Å²) in [6.07, 6.45) is 0. The fourth-order valence-corrected chi connectivity index (χ4v) is 0.539. The normalized spacial score (nSPS) is 10.5. The molecule has 0 amide bonds. The zero-order valence-corrected chi connectivity index (χ0v) is 7.57. The summed E-state index contributed by atoms with van der Waals surface area (Å²) < 4.78 is 0. The number of hydrogen-bond donors (Lipinski definition) is 2. The van der Waals surface area contributed by atoms with Crippen LogP contribution in [-0.2, 0) is 0 Å². The second-order valence-electron chi connectivity index (χ2n) is 3.45. The van der Waals surface area contributed by atoms with Gasteiger partial charge in [-0.2, -0.15) is 0 Å². The van der Waals surface area contributed by atoms with Crippen LogP contribution in [0.4, 0.5) is 0 Å². The third-order valence-electron chi connectivity index (χ3n) is 0.965. The van der Waals surface area contributed by atoms with Crippen LogP contribution in [0.5, 0.6) is 0 Å². The fraction of sp³-hybridized carbons (Fsp3) is 0.778. The van der Waals surface area contributed by atoms with E-state index in [9.17, 15) is 0 Å². The summed E-state index contributed by atoms with van der Waals surface area (Å²) in [5.74, 6) is 6.07. The summed E-state index contributed by atoms with van der Waals surface area (Å²) in [5, 5.41) is 11.4. The van der Waals surface area contributed by atoms with Crippen molar-refractivity contribution < 1.29 is 5.11 Å². The molecule has 2 heteroatoms. The molecule has 0 spiro atoms. The van der Waals surface area contributed by atoms with Crippen LogP contribution in [0.15, 0.2) is 0 Å². The molecule has 64 valence electrons. The highest BCUT2D eigenvalue weighted by Crippen LogP contribution is 2.09. The maximum Gasteiger partial charge on any atom is 0.0577 e. The van der Waals surface area contributed by atoms with Crippen LogP contribution in [-0.4, -0.2) is 24.8 Å². The number of rotatable bonds is 3. The number of hydrogen-bond acceptors (Lipinski definition) is 2. The van der Waals surface area contributed by atoms with E-state index in [0.717, 1.165) is 0 Å². The molecule has 0 aliphatic carbocycles. The molecule has 2 nitrogen and oxygen atoms in total. The highest BCUT2D eigenvalue weighted by Gasteiger charge is 2.02. The summed E-state index contributed by atoms with van der Waals surface area (Å²) in [7, 11) is 0. The van der Waals surface area contributed by atoms with Gasteiger partial charge < -0.3 is 10.4 Å². The largest absolute Gasteiger partial charge is 0.395 e. The lowest BCUT2D eigenvalue weighted by Crippen LogP contribution is -2.18. The lowest BCUT2D eigenvalue weighted by atomic mass is 9.98. The van der Waals surface area contributed by atoms with Crippen LogP contribution in [0.2, 0.25) is 0 Å². The zero-order chi connectivity index (χ0) is 8.74. The number of nitrogens with one attached hydrogen (secondary N) is 1. The van der Waals surface area contributed by atoms with E-state index in [2.05, 4.69) is 37.9 Å². The monoisotopic (exact) mass is 155 g/mol. The first-order chi connectivity index (χ1) is 5.06. The van der Waals surface area contributed by atoms with Crippen LogP contribution in [0, 0.1) is 17.3 Å². The Labute approximate surface area is 69.0 Å². The molecule has 2 N–H and O–H groups in total. The maximum absolute atomic E-state index is 8.41. The average molecular weight is 155 g/mol. The number of aliphatic hydroxyl groups is 1. The smallest absolute Gasteiger partial charge is 0.0577 e. The molecule has 0 rings (SSSR count). The summed E-state index contributed by atoms with van der Waals surface area (Å²) in [6.45, 7) is 7.69. The minimum absolute atomic E-state index is 0.0842. The molecule has 0 bridgehead atoms. The highest BCUT2D eigenvalue weighted by atomic mass is 16.3. The Morgan fingerprint density at radius 3 is 2.45 bits per heavy atom. The Morgan fingerprint density at radius 2 is 2.00 bits per heavy atom. The Morgan fingerprint density at radius 1 is 1.36 bits per heavy atom. The van der Waals surface area contributed by atoms with Gasteiger partial charge in [0.05, 0.1) is 13.2 Å². The van der Waals surface area contributed by atoms with Gasteiger partial charge in [0.25, 0.3) is 0 Å². The van der Waals surface area contributed by atoms with Gasteiger partial charge in [-0.15, -0.1) is 0 Å². The Hall–Kier alpha value is -0.520. The minimum atomic E-state index is 0.0842. The van der Waals surface area contributed by atoms with Crippen LogP contribution in [0.25, 0.3) is 0 Å². The summed E-state index contributed by atoms with van der Waals surface area (Å²) >= 11 is 0.